The van der Waals surface area contributed by atoms with Crippen LogP contribution in [0.4, 0.5) is 0 Å². The molecule has 4 heteroatoms. The molecule has 1 saturated carbocycles. The number of carbonyl (C=O) groups is 1. The molecule has 1 aliphatic carbocycles. The molecule has 0 aromatic carbocycles. The second-order valence-corrected chi connectivity index (χ2v) is 4.11. The summed E-state index contributed by atoms with van der Waals surface area (Å²) in [7, 11) is 0. The second kappa shape index (κ2) is 6.80. The number of hydrogen-bond acceptors (Lipinski definition) is 3. The fourth-order valence-corrected chi connectivity index (χ4v) is 1.86. The zero-order valence-corrected chi connectivity index (χ0v) is 9.50. The molecule has 0 aromatic rings. The molecule has 1 amide bonds. The Morgan fingerprint density at radius 2 is 2.07 bits per heavy atom. The maximum atomic E-state index is 11.1. The number of carbonyl (C=O) groups excluding carboxylic acids is 1. The first-order chi connectivity index (χ1) is 7.22. The first kappa shape index (κ1) is 12.5. The van der Waals surface area contributed by atoms with Crippen molar-refractivity contribution in [3.05, 3.63) is 0 Å². The molecule has 0 aliphatic heterocycles. The van der Waals surface area contributed by atoms with Crippen LogP contribution in [0.3, 0.4) is 0 Å². The van der Waals surface area contributed by atoms with Gasteiger partial charge in [0.1, 0.15) is 0 Å². The Hall–Kier alpha value is -0.610. The number of nitrogens with one attached hydrogen (secondary N) is 1. The Morgan fingerprint density at radius 3 is 2.67 bits per heavy atom. The minimum absolute atomic E-state index is 0.0741. The molecule has 0 unspecified atom stereocenters. The quantitative estimate of drug-likeness (QED) is 0.711. The van der Waals surface area contributed by atoms with Gasteiger partial charge in [-0.2, -0.15) is 0 Å². The summed E-state index contributed by atoms with van der Waals surface area (Å²) in [5, 5.41) is 2.75. The highest BCUT2D eigenvalue weighted by molar-refractivity contribution is 5.75. The van der Waals surface area contributed by atoms with E-state index in [0.29, 0.717) is 31.7 Å². The van der Waals surface area contributed by atoms with E-state index in [2.05, 4.69) is 5.32 Å². The normalized spacial score (nSPS) is 26.3. The van der Waals surface area contributed by atoms with Crippen molar-refractivity contribution < 1.29 is 9.53 Å². The van der Waals surface area contributed by atoms with E-state index in [0.717, 1.165) is 25.7 Å². The van der Waals surface area contributed by atoms with Crippen molar-refractivity contribution in [3.63, 3.8) is 0 Å². The van der Waals surface area contributed by atoms with Gasteiger partial charge in [-0.05, 0) is 32.6 Å². The highest BCUT2D eigenvalue weighted by Crippen LogP contribution is 2.19. The number of nitrogens with two attached hydrogens (primary N) is 1. The van der Waals surface area contributed by atoms with Crippen molar-refractivity contribution >= 4 is 5.91 Å². The SMILES string of the molecule is CCNC(=O)CCOC1CCC(N)CC1. The zero-order chi connectivity index (χ0) is 11.1. The Labute approximate surface area is 91.5 Å². The molecule has 0 spiro atoms. The van der Waals surface area contributed by atoms with Gasteiger partial charge in [-0.15, -0.1) is 0 Å². The summed E-state index contributed by atoms with van der Waals surface area (Å²) < 4.78 is 5.63. The van der Waals surface area contributed by atoms with E-state index in [1.807, 2.05) is 6.92 Å². The highest BCUT2D eigenvalue weighted by Gasteiger charge is 2.18. The van der Waals surface area contributed by atoms with Crippen LogP contribution in [0.1, 0.15) is 39.0 Å². The van der Waals surface area contributed by atoms with Gasteiger partial charge in [0.2, 0.25) is 5.91 Å². The van der Waals surface area contributed by atoms with Crippen LogP contribution in [-0.4, -0.2) is 31.2 Å². The molecule has 88 valence electrons. The lowest BCUT2D eigenvalue weighted by atomic mass is 9.94. The maximum Gasteiger partial charge on any atom is 0.222 e. The van der Waals surface area contributed by atoms with Crippen molar-refractivity contribution in [2.45, 2.75) is 51.2 Å². The van der Waals surface area contributed by atoms with Gasteiger partial charge in [-0.3, -0.25) is 4.79 Å². The Kier molecular flexibility index (Phi) is 5.65. The fourth-order valence-electron chi connectivity index (χ4n) is 1.86. The molecule has 0 aromatic heterocycles. The van der Waals surface area contributed by atoms with Gasteiger partial charge in [-0.1, -0.05) is 0 Å². The minimum Gasteiger partial charge on any atom is -0.378 e. The first-order valence-corrected chi connectivity index (χ1v) is 5.86. The van der Waals surface area contributed by atoms with Gasteiger partial charge >= 0.3 is 0 Å². The molecule has 0 heterocycles. The van der Waals surface area contributed by atoms with Crippen LogP contribution in [0.25, 0.3) is 0 Å². The molecular weight excluding hydrogens is 192 g/mol. The number of rotatable bonds is 5. The number of amides is 1. The van der Waals surface area contributed by atoms with Gasteiger partial charge in [0.25, 0.3) is 0 Å². The third-order valence-electron chi connectivity index (χ3n) is 2.78. The highest BCUT2D eigenvalue weighted by atomic mass is 16.5. The van der Waals surface area contributed by atoms with Crippen molar-refractivity contribution in [3.8, 4) is 0 Å². The van der Waals surface area contributed by atoms with E-state index in [9.17, 15) is 4.79 Å². The summed E-state index contributed by atoms with van der Waals surface area (Å²) in [6, 6.07) is 0.355. The van der Waals surface area contributed by atoms with Gasteiger partial charge in [0, 0.05) is 19.0 Å². The predicted molar refractivity (Wildman–Crippen MR) is 59.5 cm³/mol. The monoisotopic (exact) mass is 214 g/mol. The van der Waals surface area contributed by atoms with E-state index in [-0.39, 0.29) is 5.91 Å². The molecule has 3 N–H and O–H groups in total. The first-order valence-electron chi connectivity index (χ1n) is 5.86. The van der Waals surface area contributed by atoms with E-state index >= 15 is 0 Å². The zero-order valence-electron chi connectivity index (χ0n) is 9.50. The van der Waals surface area contributed by atoms with Crippen LogP contribution in [-0.2, 0) is 9.53 Å². The van der Waals surface area contributed by atoms with Crippen LogP contribution in [0, 0.1) is 0 Å². The van der Waals surface area contributed by atoms with Crippen molar-refractivity contribution in [1.82, 2.24) is 5.32 Å². The van der Waals surface area contributed by atoms with E-state index in [1.54, 1.807) is 0 Å². The Morgan fingerprint density at radius 1 is 1.40 bits per heavy atom. The summed E-state index contributed by atoms with van der Waals surface area (Å²) in [4.78, 5) is 11.1. The van der Waals surface area contributed by atoms with E-state index < -0.39 is 0 Å². The molecule has 1 fully saturated rings. The van der Waals surface area contributed by atoms with E-state index in [4.69, 9.17) is 10.5 Å². The van der Waals surface area contributed by atoms with Crippen molar-refractivity contribution in [1.29, 1.82) is 0 Å². The molecule has 0 radical (unpaired) electrons. The van der Waals surface area contributed by atoms with Crippen LogP contribution < -0.4 is 11.1 Å². The van der Waals surface area contributed by atoms with Crippen LogP contribution in [0.15, 0.2) is 0 Å². The topological polar surface area (TPSA) is 64.3 Å². The third kappa shape index (κ3) is 5.14. The van der Waals surface area contributed by atoms with Gasteiger partial charge in [-0.25, -0.2) is 0 Å². The molecule has 4 nitrogen and oxygen atoms in total. The molecule has 1 rings (SSSR count). The third-order valence-corrected chi connectivity index (χ3v) is 2.78. The van der Waals surface area contributed by atoms with Crippen molar-refractivity contribution in [2.75, 3.05) is 13.2 Å². The van der Waals surface area contributed by atoms with Crippen LogP contribution >= 0.6 is 0 Å². The lowest BCUT2D eigenvalue weighted by Crippen LogP contribution is -2.31. The molecular formula is C11H22N2O2. The van der Waals surface area contributed by atoms with Gasteiger partial charge in [0.05, 0.1) is 12.7 Å². The van der Waals surface area contributed by atoms with Gasteiger partial charge < -0.3 is 15.8 Å². The molecule has 1 aliphatic rings. The maximum absolute atomic E-state index is 11.1. The largest absolute Gasteiger partial charge is 0.378 e. The minimum atomic E-state index is 0.0741. The molecule has 0 saturated heterocycles. The summed E-state index contributed by atoms with van der Waals surface area (Å²) in [5.41, 5.74) is 5.79. The summed E-state index contributed by atoms with van der Waals surface area (Å²) >= 11 is 0. The standard InChI is InChI=1S/C11H22N2O2/c1-2-13-11(14)7-8-15-10-5-3-9(12)4-6-10/h9-10H,2-8,12H2,1H3,(H,13,14). The average molecular weight is 214 g/mol. The van der Waals surface area contributed by atoms with Crippen LogP contribution in [0.5, 0.6) is 0 Å². The molecule has 0 bridgehead atoms. The number of hydrogen-bond donors (Lipinski definition) is 2. The van der Waals surface area contributed by atoms with Crippen molar-refractivity contribution in [2.24, 2.45) is 5.73 Å². The Bertz CT molecular complexity index is 189. The predicted octanol–water partition coefficient (Wildman–Crippen LogP) is 0.799. The summed E-state index contributed by atoms with van der Waals surface area (Å²) in [6.45, 7) is 3.14. The summed E-state index contributed by atoms with van der Waals surface area (Å²) in [5.74, 6) is 0.0741. The smallest absolute Gasteiger partial charge is 0.222 e. The Balaban J connectivity index is 2.02. The van der Waals surface area contributed by atoms with E-state index in [1.165, 1.54) is 0 Å². The molecule has 0 atom stereocenters. The number of ether oxygens (including phenoxy) is 1. The average Bonchev–Trinajstić information content (AvgIpc) is 2.21. The molecule has 15 heavy (non-hydrogen) atoms. The van der Waals surface area contributed by atoms with Crippen LogP contribution in [0.2, 0.25) is 0 Å². The second-order valence-electron chi connectivity index (χ2n) is 4.11. The lowest BCUT2D eigenvalue weighted by Gasteiger charge is -2.26. The lowest BCUT2D eigenvalue weighted by molar-refractivity contribution is -0.122. The van der Waals surface area contributed by atoms with Gasteiger partial charge in [0.15, 0.2) is 0 Å². The fraction of sp³-hybridized carbons (Fsp3) is 0.909. The summed E-state index contributed by atoms with van der Waals surface area (Å²) in [6.07, 6.45) is 4.96.